The number of carbonyl (C=O) groups excluding carboxylic acids is 1. The fraction of sp³-hybridized carbons (Fsp3) is 0.550. The Hall–Kier alpha value is -1.89. The number of methoxy groups -OCH3 is 1. The van der Waals surface area contributed by atoms with Crippen LogP contribution in [0.2, 0.25) is 0 Å². The maximum absolute atomic E-state index is 12.1. The van der Waals surface area contributed by atoms with Crippen LogP contribution < -0.4 is 4.74 Å². The Balaban J connectivity index is 1.47. The lowest BCUT2D eigenvalue weighted by Crippen LogP contribution is -2.34. The topological polar surface area (TPSA) is 63.2 Å². The monoisotopic (exact) mass is 362 g/mol. The maximum Gasteiger partial charge on any atom is 0.331 e. The molecule has 2 fully saturated rings. The predicted molar refractivity (Wildman–Crippen MR) is 96.0 cm³/mol. The van der Waals surface area contributed by atoms with E-state index in [1.807, 2.05) is 24.3 Å². The van der Waals surface area contributed by atoms with Crippen molar-refractivity contribution in [2.24, 2.45) is 0 Å². The first-order valence-corrected chi connectivity index (χ1v) is 9.09. The van der Waals surface area contributed by atoms with E-state index in [0.717, 1.165) is 30.8 Å². The minimum Gasteiger partial charge on any atom is -0.494 e. The molecule has 4 atom stereocenters. The Kier molecular flexibility index (Phi) is 6.66. The molecule has 0 saturated carbocycles. The van der Waals surface area contributed by atoms with Gasteiger partial charge in [0.25, 0.3) is 0 Å². The van der Waals surface area contributed by atoms with Crippen molar-refractivity contribution in [1.82, 2.24) is 0 Å². The van der Waals surface area contributed by atoms with Crippen LogP contribution in [0.25, 0.3) is 6.08 Å². The van der Waals surface area contributed by atoms with E-state index in [1.54, 1.807) is 13.2 Å². The summed E-state index contributed by atoms with van der Waals surface area (Å²) >= 11 is 0. The van der Waals surface area contributed by atoms with Crippen molar-refractivity contribution < 1.29 is 28.5 Å². The van der Waals surface area contributed by atoms with E-state index in [9.17, 15) is 4.79 Å². The zero-order chi connectivity index (χ0) is 18.4. The summed E-state index contributed by atoms with van der Waals surface area (Å²) in [7, 11) is 1.63. The molecule has 0 N–H and O–H groups in total. The highest BCUT2D eigenvalue weighted by Crippen LogP contribution is 2.30. The van der Waals surface area contributed by atoms with E-state index in [4.69, 9.17) is 23.7 Å². The predicted octanol–water partition coefficient (Wildman–Crippen LogP) is 2.60. The highest BCUT2D eigenvalue weighted by atomic mass is 16.6. The smallest absolute Gasteiger partial charge is 0.331 e. The molecule has 1 aromatic carbocycles. The summed E-state index contributed by atoms with van der Waals surface area (Å²) in [6, 6.07) is 7.60. The average Bonchev–Trinajstić information content (AvgIpc) is 3.24. The summed E-state index contributed by atoms with van der Waals surface area (Å²) in [5.74, 6) is 0.422. The number of benzene rings is 1. The van der Waals surface area contributed by atoms with E-state index in [-0.39, 0.29) is 18.3 Å². The molecular weight excluding hydrogens is 336 g/mol. The minimum atomic E-state index is -0.410. The van der Waals surface area contributed by atoms with Crippen LogP contribution in [-0.2, 0) is 23.7 Å². The second-order valence-electron chi connectivity index (χ2n) is 6.45. The van der Waals surface area contributed by atoms with E-state index in [0.29, 0.717) is 13.2 Å². The molecule has 6 heteroatoms. The number of carbonyl (C=O) groups is 1. The molecule has 1 aromatic rings. The van der Waals surface area contributed by atoms with Gasteiger partial charge in [-0.05, 0) is 30.2 Å². The summed E-state index contributed by atoms with van der Waals surface area (Å²) in [5, 5.41) is 0. The van der Waals surface area contributed by atoms with Crippen molar-refractivity contribution in [2.45, 2.75) is 44.2 Å². The van der Waals surface area contributed by atoms with Crippen LogP contribution in [-0.4, -0.2) is 57.3 Å². The third-order valence-corrected chi connectivity index (χ3v) is 4.59. The Labute approximate surface area is 154 Å². The van der Waals surface area contributed by atoms with Crippen molar-refractivity contribution in [3.8, 4) is 5.75 Å². The molecule has 0 spiro atoms. The minimum absolute atomic E-state index is 0.0997. The van der Waals surface area contributed by atoms with Crippen molar-refractivity contribution in [2.75, 3.05) is 26.9 Å². The molecule has 2 aliphatic rings. The van der Waals surface area contributed by atoms with Gasteiger partial charge in [0.1, 0.15) is 24.1 Å². The van der Waals surface area contributed by atoms with E-state index < -0.39 is 12.1 Å². The second-order valence-corrected chi connectivity index (χ2v) is 6.45. The van der Waals surface area contributed by atoms with Crippen molar-refractivity contribution in [3.05, 3.63) is 35.9 Å². The quantitative estimate of drug-likeness (QED) is 0.402. The van der Waals surface area contributed by atoms with Gasteiger partial charge < -0.3 is 23.7 Å². The largest absolute Gasteiger partial charge is 0.494 e. The number of ether oxygens (including phenoxy) is 5. The van der Waals surface area contributed by atoms with Gasteiger partial charge in [-0.2, -0.15) is 0 Å². The van der Waals surface area contributed by atoms with E-state index in [1.165, 1.54) is 6.08 Å². The average molecular weight is 362 g/mol. The standard InChI is InChI=1S/C20H26O6/c1-3-4-11-23-15-8-5-14(6-9-15)7-10-18(21)26-17-13-25-19-16(22-2)12-24-20(17)19/h5-10,16-17,19-20H,3-4,11-13H2,1-2H3/b10-7+/t16-,17-,19-,20-/m1/s1. The number of hydrogen-bond acceptors (Lipinski definition) is 6. The molecular formula is C20H26O6. The lowest BCUT2D eigenvalue weighted by molar-refractivity contribution is -0.147. The number of unbranched alkanes of at least 4 members (excludes halogenated alkanes) is 1. The van der Waals surface area contributed by atoms with Crippen LogP contribution in [0.3, 0.4) is 0 Å². The molecule has 142 valence electrons. The Morgan fingerprint density at radius 1 is 1.15 bits per heavy atom. The van der Waals surface area contributed by atoms with Gasteiger partial charge in [0.2, 0.25) is 0 Å². The molecule has 0 radical (unpaired) electrons. The number of hydrogen-bond donors (Lipinski definition) is 0. The molecule has 2 saturated heterocycles. The SMILES string of the molecule is CCCCOc1ccc(/C=C/C(=O)O[C@@H]2CO[C@H]3[C@@H]2OC[C@H]3OC)cc1. The van der Waals surface area contributed by atoms with Crippen molar-refractivity contribution in [3.63, 3.8) is 0 Å². The molecule has 0 amide bonds. The molecule has 0 aromatic heterocycles. The van der Waals surface area contributed by atoms with Crippen LogP contribution in [0, 0.1) is 0 Å². The number of fused-ring (bicyclic) bond motifs is 1. The highest BCUT2D eigenvalue weighted by molar-refractivity contribution is 5.87. The summed E-state index contributed by atoms with van der Waals surface area (Å²) in [6.45, 7) is 3.64. The molecule has 26 heavy (non-hydrogen) atoms. The second kappa shape index (κ2) is 9.16. The Morgan fingerprint density at radius 3 is 2.54 bits per heavy atom. The zero-order valence-corrected chi connectivity index (χ0v) is 15.3. The van der Waals surface area contributed by atoms with Gasteiger partial charge in [0.15, 0.2) is 6.10 Å². The first-order valence-electron chi connectivity index (χ1n) is 9.09. The van der Waals surface area contributed by atoms with Gasteiger partial charge in [-0.15, -0.1) is 0 Å². The normalized spacial score (nSPS) is 27.6. The van der Waals surface area contributed by atoms with E-state index >= 15 is 0 Å². The van der Waals surface area contributed by atoms with Gasteiger partial charge in [-0.1, -0.05) is 25.5 Å². The van der Waals surface area contributed by atoms with Crippen molar-refractivity contribution >= 4 is 12.0 Å². The van der Waals surface area contributed by atoms with Gasteiger partial charge in [-0.3, -0.25) is 0 Å². The van der Waals surface area contributed by atoms with Crippen molar-refractivity contribution in [1.29, 1.82) is 0 Å². The molecule has 2 aliphatic heterocycles. The van der Waals surface area contributed by atoms with Gasteiger partial charge in [0, 0.05) is 13.2 Å². The van der Waals surface area contributed by atoms with Gasteiger partial charge in [0.05, 0.1) is 19.8 Å². The Bertz CT molecular complexity index is 611. The lowest BCUT2D eigenvalue weighted by Gasteiger charge is -2.15. The fourth-order valence-electron chi connectivity index (χ4n) is 3.09. The molecule has 0 unspecified atom stereocenters. The number of rotatable bonds is 8. The summed E-state index contributed by atoms with van der Waals surface area (Å²) in [4.78, 5) is 12.1. The number of esters is 1. The zero-order valence-electron chi connectivity index (χ0n) is 15.3. The first-order chi connectivity index (χ1) is 12.7. The third kappa shape index (κ3) is 4.63. The highest BCUT2D eigenvalue weighted by Gasteiger charge is 2.49. The summed E-state index contributed by atoms with van der Waals surface area (Å²) in [6.07, 6.45) is 4.37. The van der Waals surface area contributed by atoms with Crippen LogP contribution in [0.5, 0.6) is 5.75 Å². The van der Waals surface area contributed by atoms with Crippen LogP contribution >= 0.6 is 0 Å². The van der Waals surface area contributed by atoms with Gasteiger partial charge >= 0.3 is 5.97 Å². The summed E-state index contributed by atoms with van der Waals surface area (Å²) in [5.41, 5.74) is 0.905. The molecule has 2 heterocycles. The molecule has 0 aliphatic carbocycles. The molecule has 0 bridgehead atoms. The maximum atomic E-state index is 12.1. The van der Waals surface area contributed by atoms with Crippen LogP contribution in [0.4, 0.5) is 0 Å². The Morgan fingerprint density at radius 2 is 1.85 bits per heavy atom. The van der Waals surface area contributed by atoms with Crippen LogP contribution in [0.15, 0.2) is 30.3 Å². The van der Waals surface area contributed by atoms with Gasteiger partial charge in [-0.25, -0.2) is 4.79 Å². The van der Waals surface area contributed by atoms with Crippen LogP contribution in [0.1, 0.15) is 25.3 Å². The molecule has 6 nitrogen and oxygen atoms in total. The summed E-state index contributed by atoms with van der Waals surface area (Å²) < 4.78 is 27.7. The lowest BCUT2D eigenvalue weighted by atomic mass is 10.1. The third-order valence-electron chi connectivity index (χ3n) is 4.59. The van der Waals surface area contributed by atoms with E-state index in [2.05, 4.69) is 6.92 Å². The fourth-order valence-corrected chi connectivity index (χ4v) is 3.09. The first kappa shape index (κ1) is 18.9. The molecule has 3 rings (SSSR count).